The van der Waals surface area contributed by atoms with Crippen LogP contribution in [0.15, 0.2) is 89.5 Å². The fourth-order valence-corrected chi connectivity index (χ4v) is 4.39. The number of allylic oxidation sites excluding steroid dienone is 2. The lowest BCUT2D eigenvalue weighted by Crippen LogP contribution is -2.40. The maximum atomic E-state index is 11.9. The Labute approximate surface area is 198 Å². The van der Waals surface area contributed by atoms with Crippen molar-refractivity contribution in [3.63, 3.8) is 0 Å². The Morgan fingerprint density at radius 1 is 0.941 bits per heavy atom. The van der Waals surface area contributed by atoms with Crippen molar-refractivity contribution in [2.24, 2.45) is 0 Å². The molecule has 0 bridgehead atoms. The molecule has 174 valence electrons. The normalized spacial score (nSPS) is 18.4. The first-order chi connectivity index (χ1) is 16.4. The van der Waals surface area contributed by atoms with Crippen molar-refractivity contribution in [1.82, 2.24) is 10.3 Å². The molecule has 3 N–H and O–H groups in total. The molecule has 0 spiro atoms. The Morgan fingerprint density at radius 2 is 1.65 bits per heavy atom. The third-order valence-electron chi connectivity index (χ3n) is 6.27. The van der Waals surface area contributed by atoms with Gasteiger partial charge in [0.15, 0.2) is 0 Å². The van der Waals surface area contributed by atoms with Gasteiger partial charge in [0, 0.05) is 40.0 Å². The molecule has 1 unspecified atom stereocenters. The number of fused-ring (bicyclic) bond motifs is 3. The summed E-state index contributed by atoms with van der Waals surface area (Å²) in [6.45, 7) is 6.46. The van der Waals surface area contributed by atoms with Crippen LogP contribution in [0, 0.1) is 0 Å². The average molecular weight is 457 g/mol. The number of aromatic amines is 1. The molecule has 1 aliphatic rings. The molecule has 2 heterocycles. The van der Waals surface area contributed by atoms with Crippen LogP contribution < -0.4 is 14.8 Å². The van der Waals surface area contributed by atoms with Crippen LogP contribution in [-0.2, 0) is 10.5 Å². The van der Waals surface area contributed by atoms with Crippen LogP contribution in [0.25, 0.3) is 21.8 Å². The number of hydrogen-bond acceptors (Lipinski definition) is 5. The van der Waals surface area contributed by atoms with Crippen LogP contribution in [0.1, 0.15) is 26.3 Å². The largest absolute Gasteiger partial charge is 0.497 e. The van der Waals surface area contributed by atoms with Crippen LogP contribution in [0.4, 0.5) is 0 Å². The maximum Gasteiger partial charge on any atom is 0.296 e. The topological polar surface area (TPSA) is 75.7 Å². The summed E-state index contributed by atoms with van der Waals surface area (Å²) in [4.78, 5) is 3.44. The number of aliphatic hydroxyl groups is 1. The number of benzene rings is 3. The maximum absolute atomic E-state index is 11.9. The molecule has 0 saturated carbocycles. The van der Waals surface area contributed by atoms with Crippen molar-refractivity contribution in [1.29, 1.82) is 0 Å². The van der Waals surface area contributed by atoms with E-state index in [-0.39, 0.29) is 5.76 Å². The smallest absolute Gasteiger partial charge is 0.296 e. The molecule has 3 aromatic carbocycles. The zero-order chi connectivity index (χ0) is 23.9. The number of methoxy groups -OCH3 is 1. The van der Waals surface area contributed by atoms with Crippen LogP contribution >= 0.6 is 0 Å². The average Bonchev–Trinajstić information content (AvgIpc) is 3.22. The number of ether oxygens (including phenoxy) is 3. The monoisotopic (exact) mass is 456 g/mol. The minimum absolute atomic E-state index is 0.290. The summed E-state index contributed by atoms with van der Waals surface area (Å²) in [5.41, 5.74) is 4.14. The van der Waals surface area contributed by atoms with Crippen LogP contribution in [0.3, 0.4) is 0 Å². The van der Waals surface area contributed by atoms with Crippen molar-refractivity contribution in [3.8, 4) is 11.5 Å². The van der Waals surface area contributed by atoms with Gasteiger partial charge in [0.2, 0.25) is 5.76 Å². The molecule has 0 amide bonds. The zero-order valence-corrected chi connectivity index (χ0v) is 19.7. The van der Waals surface area contributed by atoms with E-state index in [4.69, 9.17) is 14.2 Å². The molecule has 1 aliphatic heterocycles. The summed E-state index contributed by atoms with van der Waals surface area (Å²) in [5.74, 6) is 0.371. The van der Waals surface area contributed by atoms with Crippen molar-refractivity contribution in [3.05, 3.63) is 95.1 Å². The highest BCUT2D eigenvalue weighted by Crippen LogP contribution is 2.42. The number of para-hydroxylation sites is 1. The summed E-state index contributed by atoms with van der Waals surface area (Å²) in [6.07, 6.45) is 0. The quantitative estimate of drug-likeness (QED) is 0.347. The van der Waals surface area contributed by atoms with Crippen LogP contribution in [0.2, 0.25) is 0 Å². The SMILES string of the molecule is CCNC1=C(Oc2ccc3c(c2)[nH]c2ccccc23)C(O)(c2ccc(OC)cc2)OC(C)=C1C. The van der Waals surface area contributed by atoms with Gasteiger partial charge in [-0.3, -0.25) is 0 Å². The van der Waals surface area contributed by atoms with E-state index >= 15 is 0 Å². The molecular formula is C28H28N2O4. The molecule has 0 radical (unpaired) electrons. The van der Waals surface area contributed by atoms with Crippen molar-refractivity contribution < 1.29 is 19.3 Å². The third-order valence-corrected chi connectivity index (χ3v) is 6.27. The molecule has 4 aromatic rings. The summed E-state index contributed by atoms with van der Waals surface area (Å²) in [7, 11) is 1.61. The van der Waals surface area contributed by atoms with Gasteiger partial charge in [-0.1, -0.05) is 18.2 Å². The molecule has 0 saturated heterocycles. The van der Waals surface area contributed by atoms with E-state index in [9.17, 15) is 5.11 Å². The molecular weight excluding hydrogens is 428 g/mol. The molecule has 1 atom stereocenters. The highest BCUT2D eigenvalue weighted by Gasteiger charge is 2.45. The van der Waals surface area contributed by atoms with E-state index in [1.165, 1.54) is 0 Å². The summed E-state index contributed by atoms with van der Waals surface area (Å²) in [5, 5.41) is 17.5. The molecule has 5 rings (SSSR count). The first kappa shape index (κ1) is 21.9. The molecule has 1 aromatic heterocycles. The molecule has 6 nitrogen and oxygen atoms in total. The summed E-state index contributed by atoms with van der Waals surface area (Å²) >= 11 is 0. The Balaban J connectivity index is 1.63. The number of aromatic nitrogens is 1. The summed E-state index contributed by atoms with van der Waals surface area (Å²) in [6, 6.07) is 21.2. The van der Waals surface area contributed by atoms with Crippen molar-refractivity contribution >= 4 is 21.8 Å². The van der Waals surface area contributed by atoms with Gasteiger partial charge < -0.3 is 29.6 Å². The minimum atomic E-state index is -1.82. The standard InChI is InChI=1S/C28H28N2O4/c1-5-29-26-17(2)18(3)34-28(31,19-10-12-20(32-4)13-11-19)27(26)33-21-14-15-23-22-8-6-7-9-24(22)30-25(23)16-21/h6-16,29-31H,5H2,1-4H3. The van der Waals surface area contributed by atoms with Gasteiger partial charge in [0.25, 0.3) is 5.79 Å². The van der Waals surface area contributed by atoms with Crippen LogP contribution in [-0.4, -0.2) is 23.7 Å². The van der Waals surface area contributed by atoms with Crippen LogP contribution in [0.5, 0.6) is 11.5 Å². The fraction of sp³-hybridized carbons (Fsp3) is 0.214. The van der Waals surface area contributed by atoms with Gasteiger partial charge in [0.1, 0.15) is 17.3 Å². The predicted octanol–water partition coefficient (Wildman–Crippen LogP) is 5.70. The lowest BCUT2D eigenvalue weighted by atomic mass is 9.96. The second-order valence-electron chi connectivity index (χ2n) is 8.37. The number of nitrogens with one attached hydrogen (secondary N) is 2. The Bertz CT molecular complexity index is 1430. The van der Waals surface area contributed by atoms with E-state index in [1.807, 2.05) is 51.1 Å². The lowest BCUT2D eigenvalue weighted by molar-refractivity contribution is -0.178. The van der Waals surface area contributed by atoms with E-state index in [2.05, 4.69) is 22.4 Å². The van der Waals surface area contributed by atoms with Crippen molar-refractivity contribution in [2.75, 3.05) is 13.7 Å². The number of hydrogen-bond donors (Lipinski definition) is 3. The fourth-order valence-electron chi connectivity index (χ4n) is 4.39. The Hall–Kier alpha value is -3.90. The minimum Gasteiger partial charge on any atom is -0.497 e. The second-order valence-corrected chi connectivity index (χ2v) is 8.37. The van der Waals surface area contributed by atoms with E-state index in [0.717, 1.165) is 27.4 Å². The number of likely N-dealkylation sites (N-methyl/N-ethyl adjacent to an activating group) is 1. The first-order valence-electron chi connectivity index (χ1n) is 11.3. The molecule has 6 heteroatoms. The number of H-pyrrole nitrogens is 1. The van der Waals surface area contributed by atoms with Gasteiger partial charge in [-0.05, 0) is 63.2 Å². The van der Waals surface area contributed by atoms with E-state index in [0.29, 0.717) is 35.1 Å². The first-order valence-corrected chi connectivity index (χ1v) is 11.3. The molecule has 0 aliphatic carbocycles. The number of rotatable bonds is 6. The van der Waals surface area contributed by atoms with Gasteiger partial charge in [0.05, 0.1) is 18.3 Å². The lowest BCUT2D eigenvalue weighted by Gasteiger charge is -2.37. The second kappa shape index (κ2) is 8.47. The van der Waals surface area contributed by atoms with Gasteiger partial charge in [-0.25, -0.2) is 0 Å². The Kier molecular flexibility index (Phi) is 5.46. The Morgan fingerprint density at radius 3 is 2.38 bits per heavy atom. The van der Waals surface area contributed by atoms with Gasteiger partial charge >= 0.3 is 0 Å². The van der Waals surface area contributed by atoms with Crippen molar-refractivity contribution in [2.45, 2.75) is 26.6 Å². The van der Waals surface area contributed by atoms with Gasteiger partial charge in [-0.15, -0.1) is 0 Å². The highest BCUT2D eigenvalue weighted by atomic mass is 16.7. The summed E-state index contributed by atoms with van der Waals surface area (Å²) < 4.78 is 17.8. The molecule has 34 heavy (non-hydrogen) atoms. The highest BCUT2D eigenvalue weighted by molar-refractivity contribution is 6.07. The zero-order valence-electron chi connectivity index (χ0n) is 19.7. The van der Waals surface area contributed by atoms with E-state index in [1.54, 1.807) is 31.4 Å². The van der Waals surface area contributed by atoms with Gasteiger partial charge in [-0.2, -0.15) is 0 Å². The molecule has 0 fully saturated rings. The third kappa shape index (κ3) is 3.56. The predicted molar refractivity (Wildman–Crippen MR) is 133 cm³/mol. The van der Waals surface area contributed by atoms with E-state index < -0.39 is 5.79 Å².